The number of esters is 1. The van der Waals surface area contributed by atoms with Gasteiger partial charge in [0.1, 0.15) is 6.04 Å². The zero-order valence-electron chi connectivity index (χ0n) is 14.7. The number of ether oxygens (including phenoxy) is 1. The molecule has 1 atom stereocenters. The normalized spacial score (nSPS) is 12.3. The lowest BCUT2D eigenvalue weighted by Crippen LogP contribution is -2.44. The van der Waals surface area contributed by atoms with E-state index in [4.69, 9.17) is 16.3 Å². The number of benzene rings is 1. The van der Waals surface area contributed by atoms with Crippen LogP contribution in [0.25, 0.3) is 10.9 Å². The Morgan fingerprint density at radius 1 is 1.24 bits per heavy atom. The van der Waals surface area contributed by atoms with Crippen LogP contribution in [0.15, 0.2) is 30.5 Å². The number of para-hydroxylation sites is 1. The number of aromatic nitrogens is 1. The number of hydrogen-bond acceptors (Lipinski definition) is 3. The number of nitrogens with one attached hydrogen (secondary N) is 2. The van der Waals surface area contributed by atoms with Crippen LogP contribution >= 0.6 is 11.6 Å². The molecule has 0 saturated carbocycles. The topological polar surface area (TPSA) is 71.2 Å². The number of fused-ring (bicyclic) bond motifs is 1. The third-order valence-corrected chi connectivity index (χ3v) is 4.13. The van der Waals surface area contributed by atoms with Crippen LogP contribution in [-0.2, 0) is 20.7 Å². The van der Waals surface area contributed by atoms with Gasteiger partial charge in [-0.25, -0.2) is 4.79 Å². The van der Waals surface area contributed by atoms with Gasteiger partial charge in [0.05, 0.1) is 6.10 Å². The van der Waals surface area contributed by atoms with Gasteiger partial charge in [-0.15, -0.1) is 11.6 Å². The van der Waals surface area contributed by atoms with E-state index in [0.717, 1.165) is 22.9 Å². The fourth-order valence-corrected chi connectivity index (χ4v) is 2.86. The fraction of sp³-hybridized carbons (Fsp3) is 0.474. The van der Waals surface area contributed by atoms with Gasteiger partial charge in [0.25, 0.3) is 0 Å². The summed E-state index contributed by atoms with van der Waals surface area (Å²) in [5.74, 6) is -0.0387. The zero-order chi connectivity index (χ0) is 18.2. The van der Waals surface area contributed by atoms with Crippen molar-refractivity contribution in [3.63, 3.8) is 0 Å². The predicted octanol–water partition coefficient (Wildman–Crippen LogP) is 3.56. The number of H-pyrrole nitrogens is 1. The second kappa shape index (κ2) is 9.47. The molecule has 1 aromatic carbocycles. The van der Waals surface area contributed by atoms with E-state index in [9.17, 15) is 9.59 Å². The third kappa shape index (κ3) is 5.78. The smallest absolute Gasteiger partial charge is 0.329 e. The van der Waals surface area contributed by atoms with E-state index < -0.39 is 12.0 Å². The van der Waals surface area contributed by atoms with Gasteiger partial charge in [0.2, 0.25) is 5.91 Å². The first-order valence-electron chi connectivity index (χ1n) is 8.62. The molecule has 2 N–H and O–H groups in total. The van der Waals surface area contributed by atoms with Gasteiger partial charge in [-0.05, 0) is 38.3 Å². The quantitative estimate of drug-likeness (QED) is 0.406. The van der Waals surface area contributed by atoms with Crippen LogP contribution in [0.5, 0.6) is 0 Å². The molecule has 5 nitrogen and oxygen atoms in total. The molecule has 0 radical (unpaired) electrons. The van der Waals surface area contributed by atoms with Gasteiger partial charge in [-0.2, -0.15) is 0 Å². The highest BCUT2D eigenvalue weighted by atomic mass is 35.5. The van der Waals surface area contributed by atoms with E-state index in [1.54, 1.807) is 13.8 Å². The molecule has 0 fully saturated rings. The Balaban J connectivity index is 2.10. The first-order chi connectivity index (χ1) is 12.0. The lowest BCUT2D eigenvalue weighted by atomic mass is 10.0. The molecule has 0 aliphatic heterocycles. The molecule has 6 heteroatoms. The van der Waals surface area contributed by atoms with Crippen LogP contribution in [-0.4, -0.2) is 34.9 Å². The maximum atomic E-state index is 12.4. The summed E-state index contributed by atoms with van der Waals surface area (Å²) in [7, 11) is 0. The Morgan fingerprint density at radius 3 is 2.72 bits per heavy atom. The first kappa shape index (κ1) is 19.3. The molecule has 25 heavy (non-hydrogen) atoms. The summed E-state index contributed by atoms with van der Waals surface area (Å²) in [6.07, 6.45) is 3.86. The lowest BCUT2D eigenvalue weighted by Gasteiger charge is -2.19. The van der Waals surface area contributed by atoms with Gasteiger partial charge in [-0.1, -0.05) is 18.2 Å². The average Bonchev–Trinajstić information content (AvgIpc) is 2.97. The van der Waals surface area contributed by atoms with Crippen LogP contribution in [0.1, 0.15) is 38.7 Å². The summed E-state index contributed by atoms with van der Waals surface area (Å²) in [4.78, 5) is 27.7. The molecular formula is C19H25ClN2O3. The first-order valence-corrected chi connectivity index (χ1v) is 9.15. The summed E-state index contributed by atoms with van der Waals surface area (Å²) in [6.45, 7) is 3.59. The van der Waals surface area contributed by atoms with Crippen molar-refractivity contribution in [1.29, 1.82) is 0 Å². The largest absolute Gasteiger partial charge is 0.461 e. The number of carbonyl (C=O) groups excluding carboxylic acids is 2. The van der Waals surface area contributed by atoms with Gasteiger partial charge in [0, 0.05) is 35.8 Å². The monoisotopic (exact) mass is 364 g/mol. The minimum absolute atomic E-state index is 0.157. The molecule has 0 spiro atoms. The lowest BCUT2D eigenvalue weighted by molar-refractivity contribution is -0.151. The van der Waals surface area contributed by atoms with E-state index >= 15 is 0 Å². The van der Waals surface area contributed by atoms with Crippen molar-refractivity contribution in [1.82, 2.24) is 10.3 Å². The van der Waals surface area contributed by atoms with Gasteiger partial charge < -0.3 is 15.0 Å². The summed E-state index contributed by atoms with van der Waals surface area (Å²) in [5, 5.41) is 3.86. The van der Waals surface area contributed by atoms with Crippen molar-refractivity contribution in [3.05, 3.63) is 36.0 Å². The molecule has 1 heterocycles. The summed E-state index contributed by atoms with van der Waals surface area (Å²) < 4.78 is 5.31. The average molecular weight is 365 g/mol. The Bertz CT molecular complexity index is 712. The number of halogens is 1. The summed E-state index contributed by atoms with van der Waals surface area (Å²) in [5.41, 5.74) is 1.98. The minimum atomic E-state index is -0.704. The van der Waals surface area contributed by atoms with Crippen molar-refractivity contribution in [2.24, 2.45) is 0 Å². The number of rotatable bonds is 9. The van der Waals surface area contributed by atoms with Crippen molar-refractivity contribution in [2.75, 3.05) is 5.88 Å². The highest BCUT2D eigenvalue weighted by Crippen LogP contribution is 2.19. The fourth-order valence-electron chi connectivity index (χ4n) is 2.67. The maximum Gasteiger partial charge on any atom is 0.329 e. The number of alkyl halides is 1. The number of aromatic amines is 1. The second-order valence-electron chi connectivity index (χ2n) is 6.32. The van der Waals surface area contributed by atoms with Crippen molar-refractivity contribution < 1.29 is 14.3 Å². The highest BCUT2D eigenvalue weighted by Gasteiger charge is 2.24. The van der Waals surface area contributed by atoms with E-state index in [-0.39, 0.29) is 12.0 Å². The zero-order valence-corrected chi connectivity index (χ0v) is 15.4. The Labute approximate surface area is 153 Å². The number of unbranched alkanes of at least 4 members (excludes halogenated alkanes) is 1. The Kier molecular flexibility index (Phi) is 7.31. The molecule has 0 aliphatic rings. The van der Waals surface area contributed by atoms with Gasteiger partial charge in [0.15, 0.2) is 0 Å². The number of amides is 1. The van der Waals surface area contributed by atoms with E-state index in [0.29, 0.717) is 25.1 Å². The maximum absolute atomic E-state index is 12.4. The van der Waals surface area contributed by atoms with Crippen LogP contribution in [0.3, 0.4) is 0 Å². The third-order valence-electron chi connectivity index (χ3n) is 3.86. The second-order valence-corrected chi connectivity index (χ2v) is 6.69. The Morgan fingerprint density at radius 2 is 2.00 bits per heavy atom. The number of hydrogen-bond donors (Lipinski definition) is 2. The molecule has 0 unspecified atom stereocenters. The molecule has 0 saturated heterocycles. The molecule has 136 valence electrons. The summed E-state index contributed by atoms with van der Waals surface area (Å²) in [6, 6.07) is 7.17. The van der Waals surface area contributed by atoms with Gasteiger partial charge in [-0.3, -0.25) is 4.79 Å². The molecule has 2 rings (SSSR count). The SMILES string of the molecule is CC(C)OC(=O)[C@H](Cc1c[nH]c2ccccc12)NC(=O)CCCCCl. The molecule has 0 bridgehead atoms. The van der Waals surface area contributed by atoms with Crippen molar-refractivity contribution >= 4 is 34.4 Å². The van der Waals surface area contributed by atoms with Crippen LogP contribution in [0.4, 0.5) is 0 Å². The van der Waals surface area contributed by atoms with Crippen LogP contribution in [0.2, 0.25) is 0 Å². The van der Waals surface area contributed by atoms with Crippen molar-refractivity contribution in [2.45, 2.75) is 51.7 Å². The summed E-state index contributed by atoms with van der Waals surface area (Å²) >= 11 is 5.64. The van der Waals surface area contributed by atoms with Crippen molar-refractivity contribution in [3.8, 4) is 0 Å². The van der Waals surface area contributed by atoms with Crippen LogP contribution in [0, 0.1) is 0 Å². The van der Waals surface area contributed by atoms with Gasteiger partial charge >= 0.3 is 5.97 Å². The van der Waals surface area contributed by atoms with Crippen LogP contribution < -0.4 is 5.32 Å². The van der Waals surface area contributed by atoms with E-state index in [2.05, 4.69) is 10.3 Å². The molecular weight excluding hydrogens is 340 g/mol. The predicted molar refractivity (Wildman–Crippen MR) is 99.7 cm³/mol. The van der Waals surface area contributed by atoms with E-state index in [1.165, 1.54) is 0 Å². The van der Waals surface area contributed by atoms with E-state index in [1.807, 2.05) is 30.5 Å². The molecule has 1 aromatic heterocycles. The molecule has 1 amide bonds. The minimum Gasteiger partial charge on any atom is -0.461 e. The Hall–Kier alpha value is -2.01. The highest BCUT2D eigenvalue weighted by molar-refractivity contribution is 6.17. The molecule has 2 aromatic rings. The number of carbonyl (C=O) groups is 2. The molecule has 0 aliphatic carbocycles. The standard InChI is InChI=1S/C19H25ClN2O3/c1-13(2)25-19(24)17(22-18(23)9-5-6-10-20)11-14-12-21-16-8-4-3-7-15(14)16/h3-4,7-8,12-13,17,21H,5-6,9-11H2,1-2H3,(H,22,23)/t17-/m0/s1.